The zero-order valence-corrected chi connectivity index (χ0v) is 14.4. The predicted octanol–water partition coefficient (Wildman–Crippen LogP) is 4.47. The van der Waals surface area contributed by atoms with Crippen molar-refractivity contribution in [2.24, 2.45) is 0 Å². The molecule has 23 heavy (non-hydrogen) atoms. The quantitative estimate of drug-likeness (QED) is 0.727. The summed E-state index contributed by atoms with van der Waals surface area (Å²) in [5.74, 6) is 0. The molecule has 2 aromatic carbocycles. The molecule has 3 nitrogen and oxygen atoms in total. The largest absolute Gasteiger partial charge is 0.241 e. The molecule has 0 fully saturated rings. The van der Waals surface area contributed by atoms with E-state index in [1.165, 1.54) is 23.5 Å². The Balaban J connectivity index is 1.97. The first-order chi connectivity index (χ1) is 11.1. The van der Waals surface area contributed by atoms with Crippen molar-refractivity contribution in [2.45, 2.75) is 10.9 Å². The van der Waals surface area contributed by atoms with E-state index in [1.54, 1.807) is 12.1 Å². The van der Waals surface area contributed by atoms with E-state index < -0.39 is 16.1 Å². The van der Waals surface area contributed by atoms with Crippen molar-refractivity contribution >= 4 is 33.0 Å². The first-order valence-corrected chi connectivity index (χ1v) is 9.66. The van der Waals surface area contributed by atoms with Gasteiger partial charge in [0.25, 0.3) is 0 Å². The average molecular weight is 364 g/mol. The monoisotopic (exact) mass is 363 g/mol. The number of hydrogen-bond donors (Lipinski definition) is 1. The number of nitrogens with one attached hydrogen (secondary N) is 1. The van der Waals surface area contributed by atoms with Crippen molar-refractivity contribution in [3.8, 4) is 0 Å². The van der Waals surface area contributed by atoms with Crippen molar-refractivity contribution in [1.29, 1.82) is 0 Å². The normalized spacial score (nSPS) is 12.9. The van der Waals surface area contributed by atoms with E-state index in [0.717, 1.165) is 10.4 Å². The van der Waals surface area contributed by atoms with Gasteiger partial charge in [0.1, 0.15) is 0 Å². The maximum Gasteiger partial charge on any atom is 0.241 e. The lowest BCUT2D eigenvalue weighted by Gasteiger charge is -2.18. The number of rotatable bonds is 5. The lowest BCUT2D eigenvalue weighted by Crippen LogP contribution is -2.28. The topological polar surface area (TPSA) is 46.2 Å². The summed E-state index contributed by atoms with van der Waals surface area (Å²) in [4.78, 5) is 1.13. The van der Waals surface area contributed by atoms with Gasteiger partial charge >= 0.3 is 0 Å². The molecule has 0 unspecified atom stereocenters. The molecule has 118 valence electrons. The molecule has 0 aliphatic heterocycles. The van der Waals surface area contributed by atoms with Gasteiger partial charge in [-0.05, 0) is 41.3 Å². The van der Waals surface area contributed by atoms with Gasteiger partial charge in [0.05, 0.1) is 10.9 Å². The van der Waals surface area contributed by atoms with E-state index in [0.29, 0.717) is 5.02 Å². The predicted molar refractivity (Wildman–Crippen MR) is 94.4 cm³/mol. The number of halogens is 1. The van der Waals surface area contributed by atoms with Crippen LogP contribution < -0.4 is 4.72 Å². The second kappa shape index (κ2) is 6.84. The minimum atomic E-state index is -3.65. The molecule has 1 N–H and O–H groups in total. The van der Waals surface area contributed by atoms with E-state index in [2.05, 4.69) is 4.72 Å². The Labute approximate surface area is 144 Å². The van der Waals surface area contributed by atoms with Crippen molar-refractivity contribution in [3.63, 3.8) is 0 Å². The van der Waals surface area contributed by atoms with Crippen molar-refractivity contribution in [3.05, 3.63) is 87.6 Å². The number of hydrogen-bond acceptors (Lipinski definition) is 3. The zero-order chi connectivity index (χ0) is 16.3. The van der Waals surface area contributed by atoms with Crippen molar-refractivity contribution in [2.75, 3.05) is 0 Å². The molecule has 1 aromatic heterocycles. The molecule has 0 amide bonds. The molecule has 1 heterocycles. The van der Waals surface area contributed by atoms with Gasteiger partial charge in [-0.15, -0.1) is 11.3 Å². The average Bonchev–Trinajstić information content (AvgIpc) is 3.08. The summed E-state index contributed by atoms with van der Waals surface area (Å²) in [6.07, 6.45) is 0. The molecule has 1 atom stereocenters. The van der Waals surface area contributed by atoms with Crippen molar-refractivity contribution < 1.29 is 8.42 Å². The maximum absolute atomic E-state index is 12.7. The van der Waals surface area contributed by atoms with E-state index in [4.69, 9.17) is 11.6 Å². The molecular formula is C17H14ClNO2S2. The maximum atomic E-state index is 12.7. The molecule has 3 rings (SSSR count). The third-order valence-electron chi connectivity index (χ3n) is 3.36. The summed E-state index contributed by atoms with van der Waals surface area (Å²) < 4.78 is 28.1. The van der Waals surface area contributed by atoms with E-state index in [9.17, 15) is 8.42 Å². The van der Waals surface area contributed by atoms with Crippen LogP contribution in [0.1, 0.15) is 16.5 Å². The highest BCUT2D eigenvalue weighted by Crippen LogP contribution is 2.28. The van der Waals surface area contributed by atoms with Crippen molar-refractivity contribution in [1.82, 2.24) is 4.72 Å². The highest BCUT2D eigenvalue weighted by molar-refractivity contribution is 7.89. The standard InChI is InChI=1S/C17H14ClNO2S2/c18-14-8-10-15(11-9-14)23(20,21)19-17(16-7-4-12-22-16)13-5-2-1-3-6-13/h1-12,17,19H/t17-/m0/s1. The van der Waals surface area contributed by atoms with E-state index in [-0.39, 0.29) is 4.90 Å². The number of sulfonamides is 1. The summed E-state index contributed by atoms with van der Waals surface area (Å²) in [5.41, 5.74) is 0.896. The lowest BCUT2D eigenvalue weighted by atomic mass is 10.1. The van der Waals surface area contributed by atoms with Gasteiger partial charge in [0, 0.05) is 9.90 Å². The summed E-state index contributed by atoms with van der Waals surface area (Å²) in [5, 5.41) is 2.43. The molecule has 0 aliphatic carbocycles. The van der Waals surface area contributed by atoms with Gasteiger partial charge in [-0.25, -0.2) is 8.42 Å². The minimum Gasteiger partial charge on any atom is -0.207 e. The number of thiophene rings is 1. The first-order valence-electron chi connectivity index (χ1n) is 6.92. The highest BCUT2D eigenvalue weighted by Gasteiger charge is 2.23. The molecule has 0 radical (unpaired) electrons. The zero-order valence-electron chi connectivity index (χ0n) is 12.0. The van der Waals surface area contributed by atoms with Gasteiger partial charge in [-0.3, -0.25) is 0 Å². The Morgan fingerprint density at radius 3 is 2.22 bits per heavy atom. The summed E-state index contributed by atoms with van der Waals surface area (Å²) >= 11 is 7.35. The van der Waals surface area contributed by atoms with E-state index in [1.807, 2.05) is 47.8 Å². The van der Waals surface area contributed by atoms with Gasteiger partial charge < -0.3 is 0 Å². The molecule has 3 aromatic rings. The Kier molecular flexibility index (Phi) is 4.82. The summed E-state index contributed by atoms with van der Waals surface area (Å²) in [7, 11) is -3.65. The van der Waals surface area contributed by atoms with Gasteiger partial charge in [0.2, 0.25) is 10.0 Å². The molecule has 0 bridgehead atoms. The van der Waals surface area contributed by atoms with Crippen LogP contribution >= 0.6 is 22.9 Å². The smallest absolute Gasteiger partial charge is 0.207 e. The third kappa shape index (κ3) is 3.82. The SMILES string of the molecule is O=S(=O)(N[C@@H](c1ccccc1)c1cccs1)c1ccc(Cl)cc1. The fourth-order valence-corrected chi connectivity index (χ4v) is 4.44. The molecule has 0 spiro atoms. The molecule has 0 saturated heterocycles. The molecule has 0 saturated carbocycles. The van der Waals surface area contributed by atoms with Gasteiger partial charge in [-0.1, -0.05) is 48.0 Å². The summed E-state index contributed by atoms with van der Waals surface area (Å²) in [6.45, 7) is 0. The van der Waals surface area contributed by atoms with Crippen LogP contribution in [0.5, 0.6) is 0 Å². The summed E-state index contributed by atoms with van der Waals surface area (Å²) in [6, 6.07) is 19.1. The lowest BCUT2D eigenvalue weighted by molar-refractivity contribution is 0.573. The van der Waals surface area contributed by atoms with Crippen LogP contribution in [-0.4, -0.2) is 8.42 Å². The number of benzene rings is 2. The highest BCUT2D eigenvalue weighted by atomic mass is 35.5. The van der Waals surface area contributed by atoms with Crippen LogP contribution in [0.2, 0.25) is 5.02 Å². The van der Waals surface area contributed by atoms with Crippen LogP contribution in [0.4, 0.5) is 0 Å². The van der Waals surface area contributed by atoms with Crippen LogP contribution in [0.15, 0.2) is 77.0 Å². The molecule has 0 aliphatic rings. The third-order valence-corrected chi connectivity index (χ3v) is 5.99. The van der Waals surface area contributed by atoms with E-state index >= 15 is 0 Å². The fourth-order valence-electron chi connectivity index (χ4n) is 2.23. The van der Waals surface area contributed by atoms with Crippen LogP contribution in [0, 0.1) is 0 Å². The second-order valence-electron chi connectivity index (χ2n) is 4.93. The molecule has 6 heteroatoms. The minimum absolute atomic E-state index is 0.194. The Bertz CT molecular complexity index is 861. The Hall–Kier alpha value is -1.66. The molecular weight excluding hydrogens is 350 g/mol. The van der Waals surface area contributed by atoms with Crippen LogP contribution in [-0.2, 0) is 10.0 Å². The Morgan fingerprint density at radius 1 is 0.913 bits per heavy atom. The van der Waals surface area contributed by atoms with Gasteiger partial charge in [0.15, 0.2) is 0 Å². The van der Waals surface area contributed by atoms with Gasteiger partial charge in [-0.2, -0.15) is 4.72 Å². The first kappa shape index (κ1) is 16.2. The van der Waals surface area contributed by atoms with Crippen LogP contribution in [0.25, 0.3) is 0 Å². The van der Waals surface area contributed by atoms with Crippen LogP contribution in [0.3, 0.4) is 0 Å². The fraction of sp³-hybridized carbons (Fsp3) is 0.0588. The Morgan fingerprint density at radius 2 is 1.61 bits per heavy atom. The second-order valence-corrected chi connectivity index (χ2v) is 8.06.